The van der Waals surface area contributed by atoms with Crippen molar-refractivity contribution in [3.8, 4) is 0 Å². The first-order valence-corrected chi connectivity index (χ1v) is 5.84. The van der Waals surface area contributed by atoms with Crippen molar-refractivity contribution in [2.24, 2.45) is 0 Å². The molecule has 2 atom stereocenters. The van der Waals surface area contributed by atoms with Gasteiger partial charge in [-0.2, -0.15) is 0 Å². The van der Waals surface area contributed by atoms with Gasteiger partial charge in [0.1, 0.15) is 0 Å². The van der Waals surface area contributed by atoms with Gasteiger partial charge in [-0.3, -0.25) is 4.79 Å². The molecule has 4 nitrogen and oxygen atoms in total. The molecular weight excluding hydrogens is 218 g/mol. The number of nitrogens with one attached hydrogen (secondary N) is 1. The third-order valence-electron chi connectivity index (χ3n) is 3.14. The van der Waals surface area contributed by atoms with Crippen LogP contribution in [-0.2, 0) is 0 Å². The fourth-order valence-corrected chi connectivity index (χ4v) is 2.12. The lowest BCUT2D eigenvalue weighted by Gasteiger charge is -2.10. The van der Waals surface area contributed by atoms with E-state index < -0.39 is 12.2 Å². The Hall–Kier alpha value is -1.23. The molecule has 17 heavy (non-hydrogen) atoms. The maximum absolute atomic E-state index is 11.8. The summed E-state index contributed by atoms with van der Waals surface area (Å²) in [6, 6.07) is 9.11. The molecule has 92 valence electrons. The Morgan fingerprint density at radius 1 is 1.18 bits per heavy atom. The molecule has 2 rings (SSSR count). The minimum atomic E-state index is -0.667. The van der Waals surface area contributed by atoms with Crippen molar-refractivity contribution < 1.29 is 15.0 Å². The Labute approximate surface area is 100 Å². The fraction of sp³-hybridized carbons (Fsp3) is 0.462. The molecule has 0 radical (unpaired) electrons. The van der Waals surface area contributed by atoms with E-state index in [9.17, 15) is 15.0 Å². The molecule has 4 heteroatoms. The van der Waals surface area contributed by atoms with Gasteiger partial charge in [-0.25, -0.2) is 0 Å². The zero-order valence-corrected chi connectivity index (χ0v) is 9.54. The predicted octanol–water partition coefficient (Wildman–Crippen LogP) is 0.343. The zero-order chi connectivity index (χ0) is 12.3. The van der Waals surface area contributed by atoms with Crippen LogP contribution in [-0.4, -0.2) is 40.8 Å². The normalized spacial score (nSPS) is 28.2. The molecule has 1 aromatic carbocycles. The topological polar surface area (TPSA) is 69.6 Å². The number of aliphatic hydroxyl groups excluding tert-OH is 2. The van der Waals surface area contributed by atoms with Crippen LogP contribution in [0.25, 0.3) is 0 Å². The molecule has 0 aliphatic heterocycles. The summed E-state index contributed by atoms with van der Waals surface area (Å²) in [5.74, 6) is 0.0291. The van der Waals surface area contributed by atoms with Gasteiger partial charge in [0.2, 0.25) is 0 Å². The van der Waals surface area contributed by atoms with E-state index >= 15 is 0 Å². The number of aliphatic hydroxyl groups is 2. The first-order valence-electron chi connectivity index (χ1n) is 5.84. The molecule has 0 saturated heterocycles. The number of hydrogen-bond donors (Lipinski definition) is 3. The van der Waals surface area contributed by atoms with Crippen molar-refractivity contribution >= 4 is 5.78 Å². The number of hydrogen-bond acceptors (Lipinski definition) is 4. The standard InChI is InChI=1S/C13H17NO3/c15-11-6-10(7-12(11)16)14-8-13(17)9-4-2-1-3-5-9/h1-5,10-12,14-16H,6-8H2. The molecule has 0 bridgehead atoms. The summed E-state index contributed by atoms with van der Waals surface area (Å²) in [6.07, 6.45) is -0.328. The van der Waals surface area contributed by atoms with Crippen LogP contribution in [0.1, 0.15) is 23.2 Å². The van der Waals surface area contributed by atoms with E-state index in [1.165, 1.54) is 0 Å². The van der Waals surface area contributed by atoms with Gasteiger partial charge in [0, 0.05) is 11.6 Å². The van der Waals surface area contributed by atoms with Crippen molar-refractivity contribution in [1.29, 1.82) is 0 Å². The minimum absolute atomic E-state index is 0.0210. The molecule has 1 aliphatic rings. The SMILES string of the molecule is O=C(CNC1CC(O)C(O)C1)c1ccccc1. The molecule has 2 unspecified atom stereocenters. The van der Waals surface area contributed by atoms with Crippen LogP contribution in [0.15, 0.2) is 30.3 Å². The van der Waals surface area contributed by atoms with Gasteiger partial charge >= 0.3 is 0 Å². The maximum Gasteiger partial charge on any atom is 0.176 e. The summed E-state index contributed by atoms with van der Waals surface area (Å²) in [4.78, 5) is 11.8. The van der Waals surface area contributed by atoms with Gasteiger partial charge in [-0.1, -0.05) is 30.3 Å². The van der Waals surface area contributed by atoms with Gasteiger partial charge in [0.05, 0.1) is 18.8 Å². The van der Waals surface area contributed by atoms with Gasteiger partial charge in [0.15, 0.2) is 5.78 Å². The Kier molecular flexibility index (Phi) is 3.89. The summed E-state index contributed by atoms with van der Waals surface area (Å²) in [5, 5.41) is 21.8. The van der Waals surface area contributed by atoms with Crippen LogP contribution in [0.4, 0.5) is 0 Å². The molecule has 3 N–H and O–H groups in total. The highest BCUT2D eigenvalue weighted by Crippen LogP contribution is 2.19. The monoisotopic (exact) mass is 235 g/mol. The van der Waals surface area contributed by atoms with E-state index in [0.29, 0.717) is 18.4 Å². The van der Waals surface area contributed by atoms with Gasteiger partial charge in [-0.15, -0.1) is 0 Å². The summed E-state index contributed by atoms with van der Waals surface area (Å²) in [7, 11) is 0. The van der Waals surface area contributed by atoms with Crippen molar-refractivity contribution in [1.82, 2.24) is 5.32 Å². The Morgan fingerprint density at radius 2 is 1.76 bits per heavy atom. The van der Waals surface area contributed by atoms with Crippen molar-refractivity contribution in [3.05, 3.63) is 35.9 Å². The number of rotatable bonds is 4. The molecule has 1 aliphatic carbocycles. The molecule has 1 aromatic rings. The highest BCUT2D eigenvalue weighted by atomic mass is 16.3. The van der Waals surface area contributed by atoms with Crippen LogP contribution in [0.3, 0.4) is 0 Å². The van der Waals surface area contributed by atoms with Crippen molar-refractivity contribution in [3.63, 3.8) is 0 Å². The molecule has 0 heterocycles. The van der Waals surface area contributed by atoms with Gasteiger partial charge < -0.3 is 15.5 Å². The highest BCUT2D eigenvalue weighted by Gasteiger charge is 2.31. The molecule has 0 spiro atoms. The lowest BCUT2D eigenvalue weighted by atomic mass is 10.1. The van der Waals surface area contributed by atoms with E-state index in [0.717, 1.165) is 0 Å². The van der Waals surface area contributed by atoms with E-state index in [1.54, 1.807) is 12.1 Å². The molecule has 0 aromatic heterocycles. The predicted molar refractivity (Wildman–Crippen MR) is 63.8 cm³/mol. The zero-order valence-electron chi connectivity index (χ0n) is 9.54. The Morgan fingerprint density at radius 3 is 2.35 bits per heavy atom. The van der Waals surface area contributed by atoms with Gasteiger partial charge in [-0.05, 0) is 12.8 Å². The molecule has 1 fully saturated rings. The minimum Gasteiger partial charge on any atom is -0.390 e. The largest absolute Gasteiger partial charge is 0.390 e. The summed E-state index contributed by atoms with van der Waals surface area (Å²) < 4.78 is 0. The van der Waals surface area contributed by atoms with Gasteiger partial charge in [0.25, 0.3) is 0 Å². The van der Waals surface area contributed by atoms with Crippen LogP contribution in [0.5, 0.6) is 0 Å². The quantitative estimate of drug-likeness (QED) is 0.658. The second-order valence-corrected chi connectivity index (χ2v) is 4.47. The first-order chi connectivity index (χ1) is 8.16. The number of carbonyl (C=O) groups is 1. The number of Topliss-reactive ketones (excluding diaryl/α,β-unsaturated/α-hetero) is 1. The molecule has 1 saturated carbocycles. The Balaban J connectivity index is 1.81. The fourth-order valence-electron chi connectivity index (χ4n) is 2.12. The second kappa shape index (κ2) is 5.40. The van der Waals surface area contributed by atoms with Crippen LogP contribution in [0, 0.1) is 0 Å². The first kappa shape index (κ1) is 12.2. The summed E-state index contributed by atoms with van der Waals surface area (Å²) in [5.41, 5.74) is 0.680. The van der Waals surface area contributed by atoms with E-state index in [1.807, 2.05) is 18.2 Å². The summed E-state index contributed by atoms with van der Waals surface area (Å²) in [6.45, 7) is 0.244. The number of ketones is 1. The van der Waals surface area contributed by atoms with E-state index in [4.69, 9.17) is 0 Å². The lowest BCUT2D eigenvalue weighted by Crippen LogP contribution is -2.32. The third-order valence-corrected chi connectivity index (χ3v) is 3.14. The van der Waals surface area contributed by atoms with Crippen LogP contribution >= 0.6 is 0 Å². The average molecular weight is 235 g/mol. The third kappa shape index (κ3) is 3.12. The maximum atomic E-state index is 11.8. The molecule has 0 amide bonds. The van der Waals surface area contributed by atoms with E-state index in [2.05, 4.69) is 5.32 Å². The van der Waals surface area contributed by atoms with Crippen LogP contribution < -0.4 is 5.32 Å². The number of carbonyl (C=O) groups excluding carboxylic acids is 1. The smallest absolute Gasteiger partial charge is 0.176 e. The molecular formula is C13H17NO3. The summed E-state index contributed by atoms with van der Waals surface area (Å²) >= 11 is 0. The average Bonchev–Trinajstić information content (AvgIpc) is 2.67. The Bertz CT molecular complexity index is 370. The number of benzene rings is 1. The lowest BCUT2D eigenvalue weighted by molar-refractivity contribution is 0.0438. The van der Waals surface area contributed by atoms with Crippen molar-refractivity contribution in [2.45, 2.75) is 31.1 Å². The van der Waals surface area contributed by atoms with E-state index in [-0.39, 0.29) is 18.4 Å². The second-order valence-electron chi connectivity index (χ2n) is 4.47. The van der Waals surface area contributed by atoms with Crippen molar-refractivity contribution in [2.75, 3.05) is 6.54 Å². The van der Waals surface area contributed by atoms with Crippen LogP contribution in [0.2, 0.25) is 0 Å². The highest BCUT2D eigenvalue weighted by molar-refractivity contribution is 5.97.